The van der Waals surface area contributed by atoms with Crippen LogP contribution in [0.25, 0.3) is 0 Å². The van der Waals surface area contributed by atoms with E-state index in [0.29, 0.717) is 35.6 Å². The number of rotatable bonds is 8. The molecule has 0 aliphatic rings. The van der Waals surface area contributed by atoms with Gasteiger partial charge in [0, 0.05) is 27.8 Å². The molecule has 5 heteroatoms. The van der Waals surface area contributed by atoms with Crippen LogP contribution in [-0.4, -0.2) is 6.61 Å². The number of ether oxygens (including phenoxy) is 2. The van der Waals surface area contributed by atoms with Crippen LogP contribution in [0.2, 0.25) is 10.0 Å². The second kappa shape index (κ2) is 9.91. The Morgan fingerprint density at radius 1 is 0.897 bits per heavy atom. The minimum absolute atomic E-state index is 0.343. The molecule has 0 aromatic heterocycles. The lowest BCUT2D eigenvalue weighted by Gasteiger charge is -2.15. The summed E-state index contributed by atoms with van der Waals surface area (Å²) in [6.45, 7) is 7.81. The van der Waals surface area contributed by atoms with Crippen molar-refractivity contribution in [2.24, 2.45) is 0 Å². The van der Waals surface area contributed by atoms with Crippen LogP contribution in [0.1, 0.15) is 29.2 Å². The third kappa shape index (κ3) is 5.59. The monoisotopic (exact) mass is 429 g/mol. The van der Waals surface area contributed by atoms with Crippen LogP contribution in [0, 0.1) is 13.8 Å². The van der Waals surface area contributed by atoms with Gasteiger partial charge in [-0.1, -0.05) is 47.5 Å². The molecule has 0 saturated carbocycles. The maximum Gasteiger partial charge on any atom is 0.161 e. The molecule has 152 valence electrons. The highest BCUT2D eigenvalue weighted by Gasteiger charge is 2.09. The Morgan fingerprint density at radius 3 is 2.48 bits per heavy atom. The van der Waals surface area contributed by atoms with E-state index in [1.54, 1.807) is 12.1 Å². The first kappa shape index (κ1) is 21.4. The minimum atomic E-state index is 0.343. The van der Waals surface area contributed by atoms with Crippen molar-refractivity contribution < 1.29 is 9.47 Å². The molecule has 0 bridgehead atoms. The van der Waals surface area contributed by atoms with Gasteiger partial charge in [0.05, 0.1) is 6.61 Å². The van der Waals surface area contributed by atoms with E-state index in [2.05, 4.69) is 37.4 Å². The van der Waals surface area contributed by atoms with E-state index < -0.39 is 0 Å². The highest BCUT2D eigenvalue weighted by molar-refractivity contribution is 6.35. The van der Waals surface area contributed by atoms with Gasteiger partial charge in [0.1, 0.15) is 6.61 Å². The van der Waals surface area contributed by atoms with Gasteiger partial charge in [0.2, 0.25) is 0 Å². The molecular weight excluding hydrogens is 405 g/mol. The Hall–Kier alpha value is -2.36. The number of nitrogens with one attached hydrogen (secondary N) is 1. The average Bonchev–Trinajstić information content (AvgIpc) is 2.70. The fourth-order valence-corrected chi connectivity index (χ4v) is 3.45. The fourth-order valence-electron chi connectivity index (χ4n) is 2.98. The molecule has 3 nitrogen and oxygen atoms in total. The van der Waals surface area contributed by atoms with Crippen molar-refractivity contribution in [3.8, 4) is 11.5 Å². The fraction of sp³-hybridized carbons (Fsp3) is 0.250. The summed E-state index contributed by atoms with van der Waals surface area (Å²) in [7, 11) is 0. The van der Waals surface area contributed by atoms with E-state index in [9.17, 15) is 0 Å². The Bertz CT molecular complexity index is 989. The predicted molar refractivity (Wildman–Crippen MR) is 122 cm³/mol. The lowest BCUT2D eigenvalue weighted by molar-refractivity contribution is 0.269. The lowest BCUT2D eigenvalue weighted by Crippen LogP contribution is -2.04. The molecule has 0 fully saturated rings. The molecule has 3 aromatic carbocycles. The topological polar surface area (TPSA) is 30.5 Å². The van der Waals surface area contributed by atoms with Crippen LogP contribution in [-0.2, 0) is 13.2 Å². The van der Waals surface area contributed by atoms with Gasteiger partial charge in [-0.3, -0.25) is 0 Å². The Balaban J connectivity index is 1.71. The number of hydrogen-bond acceptors (Lipinski definition) is 3. The highest BCUT2D eigenvalue weighted by Crippen LogP contribution is 2.31. The minimum Gasteiger partial charge on any atom is -0.490 e. The van der Waals surface area contributed by atoms with Gasteiger partial charge in [-0.05, 0) is 67.8 Å². The smallest absolute Gasteiger partial charge is 0.161 e. The third-order valence-corrected chi connectivity index (χ3v) is 5.38. The molecule has 0 heterocycles. The molecule has 1 N–H and O–H groups in total. The molecular formula is C24H25Cl2NO2. The zero-order valence-electron chi connectivity index (χ0n) is 16.9. The van der Waals surface area contributed by atoms with E-state index in [4.69, 9.17) is 32.7 Å². The maximum atomic E-state index is 6.24. The molecule has 3 rings (SSSR count). The average molecular weight is 430 g/mol. The largest absolute Gasteiger partial charge is 0.490 e. The molecule has 3 aromatic rings. The summed E-state index contributed by atoms with van der Waals surface area (Å²) in [6, 6.07) is 17.7. The van der Waals surface area contributed by atoms with E-state index >= 15 is 0 Å². The first-order chi connectivity index (χ1) is 14.0. The quantitative estimate of drug-likeness (QED) is 0.410. The van der Waals surface area contributed by atoms with Crippen molar-refractivity contribution in [3.63, 3.8) is 0 Å². The van der Waals surface area contributed by atoms with E-state index in [-0.39, 0.29) is 0 Å². The normalized spacial score (nSPS) is 10.7. The standard InChI is InChI=1S/C24H25Cl2NO2/c1-4-28-24-12-18(14-27-22-7-5-6-16(2)17(22)3)8-11-23(24)29-15-19-9-10-20(25)13-21(19)26/h5-13,27H,4,14-15H2,1-3H3. The summed E-state index contributed by atoms with van der Waals surface area (Å²) in [5.41, 5.74) is 5.66. The van der Waals surface area contributed by atoms with Gasteiger partial charge < -0.3 is 14.8 Å². The number of hydrogen-bond donors (Lipinski definition) is 1. The van der Waals surface area contributed by atoms with Crippen molar-refractivity contribution in [3.05, 3.63) is 86.9 Å². The van der Waals surface area contributed by atoms with E-state index in [1.807, 2.05) is 31.2 Å². The maximum absolute atomic E-state index is 6.24. The SMILES string of the molecule is CCOc1cc(CNc2cccc(C)c2C)ccc1OCc1ccc(Cl)cc1Cl. The summed E-state index contributed by atoms with van der Waals surface area (Å²) in [5, 5.41) is 4.70. The summed E-state index contributed by atoms with van der Waals surface area (Å²) >= 11 is 12.2. The summed E-state index contributed by atoms with van der Waals surface area (Å²) in [5.74, 6) is 1.41. The number of benzene rings is 3. The van der Waals surface area contributed by atoms with Crippen molar-refractivity contribution in [2.45, 2.75) is 33.9 Å². The van der Waals surface area contributed by atoms with Crippen LogP contribution in [0.3, 0.4) is 0 Å². The summed E-state index contributed by atoms with van der Waals surface area (Å²) < 4.78 is 11.8. The molecule has 29 heavy (non-hydrogen) atoms. The van der Waals surface area contributed by atoms with Crippen molar-refractivity contribution in [2.75, 3.05) is 11.9 Å². The van der Waals surface area contributed by atoms with E-state index in [1.165, 1.54) is 11.1 Å². The highest BCUT2D eigenvalue weighted by atomic mass is 35.5. The molecule has 0 aliphatic carbocycles. The Kier molecular flexibility index (Phi) is 7.29. The summed E-state index contributed by atoms with van der Waals surface area (Å²) in [6.07, 6.45) is 0. The van der Waals surface area contributed by atoms with Gasteiger partial charge in [0.25, 0.3) is 0 Å². The number of aryl methyl sites for hydroxylation is 1. The van der Waals surface area contributed by atoms with E-state index in [0.717, 1.165) is 22.6 Å². The molecule has 0 aliphatic heterocycles. The number of halogens is 2. The Morgan fingerprint density at radius 2 is 1.72 bits per heavy atom. The van der Waals surface area contributed by atoms with Crippen molar-refractivity contribution in [1.29, 1.82) is 0 Å². The molecule has 0 spiro atoms. The van der Waals surface area contributed by atoms with Crippen molar-refractivity contribution in [1.82, 2.24) is 0 Å². The van der Waals surface area contributed by atoms with Gasteiger partial charge in [-0.2, -0.15) is 0 Å². The first-order valence-electron chi connectivity index (χ1n) is 9.60. The third-order valence-electron chi connectivity index (χ3n) is 4.79. The van der Waals surface area contributed by atoms with Gasteiger partial charge in [0.15, 0.2) is 11.5 Å². The zero-order chi connectivity index (χ0) is 20.8. The molecule has 0 saturated heterocycles. The number of anilines is 1. The first-order valence-corrected chi connectivity index (χ1v) is 10.4. The molecule has 0 radical (unpaired) electrons. The molecule has 0 amide bonds. The lowest BCUT2D eigenvalue weighted by atomic mass is 10.1. The van der Waals surface area contributed by atoms with Gasteiger partial charge >= 0.3 is 0 Å². The van der Waals surface area contributed by atoms with Crippen molar-refractivity contribution >= 4 is 28.9 Å². The zero-order valence-corrected chi connectivity index (χ0v) is 18.4. The molecule has 0 atom stereocenters. The second-order valence-electron chi connectivity index (χ2n) is 6.84. The predicted octanol–water partition coefficient (Wildman–Crippen LogP) is 7.20. The second-order valence-corrected chi connectivity index (χ2v) is 7.68. The molecule has 0 unspecified atom stereocenters. The van der Waals surface area contributed by atoms with Crippen LogP contribution in [0.5, 0.6) is 11.5 Å². The van der Waals surface area contributed by atoms with Crippen LogP contribution in [0.4, 0.5) is 5.69 Å². The Labute approximate surface area is 182 Å². The summed E-state index contributed by atoms with van der Waals surface area (Å²) in [4.78, 5) is 0. The van der Waals surface area contributed by atoms with Crippen LogP contribution >= 0.6 is 23.2 Å². The van der Waals surface area contributed by atoms with Crippen LogP contribution in [0.15, 0.2) is 54.6 Å². The van der Waals surface area contributed by atoms with Gasteiger partial charge in [-0.25, -0.2) is 0 Å². The van der Waals surface area contributed by atoms with Crippen LogP contribution < -0.4 is 14.8 Å². The van der Waals surface area contributed by atoms with Gasteiger partial charge in [-0.15, -0.1) is 0 Å².